The van der Waals surface area contributed by atoms with E-state index in [1.165, 1.54) is 0 Å². The van der Waals surface area contributed by atoms with E-state index in [2.05, 4.69) is 13.8 Å². The van der Waals surface area contributed by atoms with Gasteiger partial charge in [0, 0.05) is 0 Å². The van der Waals surface area contributed by atoms with Crippen molar-refractivity contribution in [2.24, 2.45) is 11.7 Å². The quantitative estimate of drug-likeness (QED) is 0.571. The molecule has 1 saturated heterocycles. The normalized spacial score (nSPS) is 36.3. The SMILES string of the molecule is CCC(CN)C1OC1C. The maximum absolute atomic E-state index is 5.51. The molecule has 0 aliphatic carbocycles. The van der Waals surface area contributed by atoms with E-state index in [1.807, 2.05) is 0 Å². The van der Waals surface area contributed by atoms with Crippen LogP contribution < -0.4 is 5.73 Å². The summed E-state index contributed by atoms with van der Waals surface area (Å²) in [7, 11) is 0. The van der Waals surface area contributed by atoms with Gasteiger partial charge in [0.15, 0.2) is 0 Å². The molecule has 2 N–H and O–H groups in total. The Morgan fingerprint density at radius 1 is 1.67 bits per heavy atom. The Labute approximate surface area is 56.4 Å². The topological polar surface area (TPSA) is 38.5 Å². The van der Waals surface area contributed by atoms with Gasteiger partial charge in [0.1, 0.15) is 0 Å². The van der Waals surface area contributed by atoms with E-state index in [4.69, 9.17) is 10.5 Å². The molecule has 0 aromatic heterocycles. The van der Waals surface area contributed by atoms with Crippen LogP contribution in [0.25, 0.3) is 0 Å². The predicted molar refractivity (Wildman–Crippen MR) is 37.2 cm³/mol. The van der Waals surface area contributed by atoms with Crippen molar-refractivity contribution in [3.05, 3.63) is 0 Å². The highest BCUT2D eigenvalue weighted by Crippen LogP contribution is 2.29. The summed E-state index contributed by atoms with van der Waals surface area (Å²) in [5, 5.41) is 0. The minimum absolute atomic E-state index is 0.471. The molecule has 1 heterocycles. The van der Waals surface area contributed by atoms with E-state index in [1.54, 1.807) is 0 Å². The molecule has 1 fully saturated rings. The van der Waals surface area contributed by atoms with Crippen LogP contribution in [0.5, 0.6) is 0 Å². The summed E-state index contributed by atoms with van der Waals surface area (Å²) in [6.07, 6.45) is 2.09. The van der Waals surface area contributed by atoms with E-state index < -0.39 is 0 Å². The second-order valence-electron chi connectivity index (χ2n) is 2.71. The maximum atomic E-state index is 5.51. The van der Waals surface area contributed by atoms with Gasteiger partial charge in [-0.05, 0) is 25.8 Å². The van der Waals surface area contributed by atoms with Crippen LogP contribution in [-0.4, -0.2) is 18.8 Å². The van der Waals surface area contributed by atoms with Gasteiger partial charge in [0.2, 0.25) is 0 Å². The average molecular weight is 129 g/mol. The molecule has 0 saturated carbocycles. The summed E-state index contributed by atoms with van der Waals surface area (Å²) in [5.41, 5.74) is 5.51. The highest BCUT2D eigenvalue weighted by molar-refractivity contribution is 4.86. The second-order valence-corrected chi connectivity index (χ2v) is 2.71. The Hall–Kier alpha value is -0.0800. The summed E-state index contributed by atoms with van der Waals surface area (Å²) in [6, 6.07) is 0. The van der Waals surface area contributed by atoms with Gasteiger partial charge >= 0.3 is 0 Å². The van der Waals surface area contributed by atoms with Gasteiger partial charge in [-0.25, -0.2) is 0 Å². The number of epoxide rings is 1. The van der Waals surface area contributed by atoms with Gasteiger partial charge < -0.3 is 10.5 Å². The molecule has 0 aromatic rings. The molecule has 3 unspecified atom stereocenters. The van der Waals surface area contributed by atoms with Crippen molar-refractivity contribution in [1.29, 1.82) is 0 Å². The number of nitrogens with two attached hydrogens (primary N) is 1. The fraction of sp³-hybridized carbons (Fsp3) is 1.00. The molecule has 2 heteroatoms. The van der Waals surface area contributed by atoms with E-state index in [0.29, 0.717) is 18.1 Å². The first-order chi connectivity index (χ1) is 4.29. The maximum Gasteiger partial charge on any atom is 0.0879 e. The summed E-state index contributed by atoms with van der Waals surface area (Å²) in [5.74, 6) is 0.597. The summed E-state index contributed by atoms with van der Waals surface area (Å²) >= 11 is 0. The average Bonchev–Trinajstić information content (AvgIpc) is 2.51. The van der Waals surface area contributed by atoms with Crippen molar-refractivity contribution < 1.29 is 4.74 Å². The Morgan fingerprint density at radius 2 is 2.22 bits per heavy atom. The number of hydrogen-bond acceptors (Lipinski definition) is 2. The van der Waals surface area contributed by atoms with E-state index in [0.717, 1.165) is 13.0 Å². The first kappa shape index (κ1) is 7.03. The molecular weight excluding hydrogens is 114 g/mol. The lowest BCUT2D eigenvalue weighted by Gasteiger charge is -2.06. The van der Waals surface area contributed by atoms with E-state index in [-0.39, 0.29) is 0 Å². The zero-order chi connectivity index (χ0) is 6.85. The van der Waals surface area contributed by atoms with Crippen LogP contribution in [0.15, 0.2) is 0 Å². The van der Waals surface area contributed by atoms with Crippen LogP contribution in [-0.2, 0) is 4.74 Å². The number of rotatable bonds is 3. The molecule has 0 radical (unpaired) electrons. The van der Waals surface area contributed by atoms with Crippen LogP contribution >= 0.6 is 0 Å². The third-order valence-electron chi connectivity index (χ3n) is 2.05. The Balaban J connectivity index is 2.23. The zero-order valence-electron chi connectivity index (χ0n) is 6.13. The highest BCUT2D eigenvalue weighted by atomic mass is 16.6. The lowest BCUT2D eigenvalue weighted by molar-refractivity contribution is 0.316. The zero-order valence-corrected chi connectivity index (χ0v) is 6.13. The summed E-state index contributed by atoms with van der Waals surface area (Å²) in [6.45, 7) is 5.03. The molecule has 0 bridgehead atoms. The van der Waals surface area contributed by atoms with Crippen LogP contribution in [0, 0.1) is 5.92 Å². The van der Waals surface area contributed by atoms with Crippen molar-refractivity contribution in [2.45, 2.75) is 32.5 Å². The largest absolute Gasteiger partial charge is 0.370 e. The van der Waals surface area contributed by atoms with Gasteiger partial charge in [-0.15, -0.1) is 0 Å². The van der Waals surface area contributed by atoms with E-state index >= 15 is 0 Å². The predicted octanol–water partition coefficient (Wildman–Crippen LogP) is 0.759. The number of ether oxygens (including phenoxy) is 1. The lowest BCUT2D eigenvalue weighted by Crippen LogP contribution is -2.19. The third kappa shape index (κ3) is 1.43. The molecule has 0 spiro atoms. The van der Waals surface area contributed by atoms with Crippen LogP contribution in [0.1, 0.15) is 20.3 Å². The van der Waals surface area contributed by atoms with Crippen molar-refractivity contribution in [2.75, 3.05) is 6.54 Å². The fourth-order valence-electron chi connectivity index (χ4n) is 1.23. The highest BCUT2D eigenvalue weighted by Gasteiger charge is 2.39. The standard InChI is InChI=1S/C7H15NO/c1-3-6(4-8)7-5(2)9-7/h5-7H,3-4,8H2,1-2H3. The fourth-order valence-corrected chi connectivity index (χ4v) is 1.23. The minimum atomic E-state index is 0.471. The van der Waals surface area contributed by atoms with Gasteiger partial charge in [0.25, 0.3) is 0 Å². The first-order valence-electron chi connectivity index (χ1n) is 3.65. The summed E-state index contributed by atoms with van der Waals surface area (Å²) < 4.78 is 5.28. The Morgan fingerprint density at radius 3 is 2.33 bits per heavy atom. The van der Waals surface area contributed by atoms with Gasteiger partial charge in [0.05, 0.1) is 12.2 Å². The van der Waals surface area contributed by atoms with Crippen LogP contribution in [0.3, 0.4) is 0 Å². The van der Waals surface area contributed by atoms with Crippen LogP contribution in [0.2, 0.25) is 0 Å². The molecule has 2 nitrogen and oxygen atoms in total. The second kappa shape index (κ2) is 2.67. The van der Waals surface area contributed by atoms with Crippen molar-refractivity contribution >= 4 is 0 Å². The monoisotopic (exact) mass is 129 g/mol. The minimum Gasteiger partial charge on any atom is -0.370 e. The van der Waals surface area contributed by atoms with Gasteiger partial charge in [-0.3, -0.25) is 0 Å². The lowest BCUT2D eigenvalue weighted by atomic mass is 10.0. The van der Waals surface area contributed by atoms with Gasteiger partial charge in [-0.1, -0.05) is 6.92 Å². The van der Waals surface area contributed by atoms with Crippen molar-refractivity contribution in [3.63, 3.8) is 0 Å². The Kier molecular flexibility index (Phi) is 2.09. The molecule has 3 atom stereocenters. The van der Waals surface area contributed by atoms with Crippen molar-refractivity contribution in [3.8, 4) is 0 Å². The molecular formula is C7H15NO. The van der Waals surface area contributed by atoms with Crippen molar-refractivity contribution in [1.82, 2.24) is 0 Å². The smallest absolute Gasteiger partial charge is 0.0879 e. The third-order valence-corrected chi connectivity index (χ3v) is 2.05. The molecule has 1 rings (SSSR count). The van der Waals surface area contributed by atoms with Crippen LogP contribution in [0.4, 0.5) is 0 Å². The molecule has 1 aliphatic rings. The first-order valence-corrected chi connectivity index (χ1v) is 3.65. The molecule has 1 aliphatic heterocycles. The molecule has 54 valence electrons. The van der Waals surface area contributed by atoms with Gasteiger partial charge in [-0.2, -0.15) is 0 Å². The van der Waals surface area contributed by atoms with E-state index in [9.17, 15) is 0 Å². The number of hydrogen-bond donors (Lipinski definition) is 1. The Bertz CT molecular complexity index is 90.9. The molecule has 9 heavy (non-hydrogen) atoms. The molecule has 0 amide bonds. The molecule has 0 aromatic carbocycles. The summed E-state index contributed by atoms with van der Waals surface area (Å²) in [4.78, 5) is 0.